The number of carbonyl (C=O) groups excluding carboxylic acids is 2. The maximum atomic E-state index is 12.2. The molecule has 3 N–H and O–H groups in total. The highest BCUT2D eigenvalue weighted by atomic mass is 16.5. The van der Waals surface area contributed by atoms with Gasteiger partial charge in [-0.15, -0.1) is 0 Å². The smallest absolute Gasteiger partial charge is 0.274 e. The molecule has 0 unspecified atom stereocenters. The van der Waals surface area contributed by atoms with Crippen LogP contribution >= 0.6 is 0 Å². The minimum Gasteiger partial charge on any atom is -0.464 e. The molecule has 0 aliphatic heterocycles. The summed E-state index contributed by atoms with van der Waals surface area (Å²) in [7, 11) is 0. The Morgan fingerprint density at radius 2 is 1.71 bits per heavy atom. The fourth-order valence-electron chi connectivity index (χ4n) is 2.42. The molecule has 24 heavy (non-hydrogen) atoms. The average molecular weight is 324 g/mol. The topological polar surface area (TPSA) is 91.6 Å². The third-order valence-corrected chi connectivity index (χ3v) is 3.73. The van der Waals surface area contributed by atoms with Crippen LogP contribution in [0.15, 0.2) is 59.2 Å². The van der Waals surface area contributed by atoms with E-state index in [1.54, 1.807) is 54.2 Å². The lowest BCUT2D eigenvalue weighted by atomic mass is 10.1. The van der Waals surface area contributed by atoms with E-state index in [0.29, 0.717) is 24.1 Å². The number of benzene rings is 2. The summed E-state index contributed by atoms with van der Waals surface area (Å²) < 4.78 is 5.25. The Kier molecular flexibility index (Phi) is 4.58. The summed E-state index contributed by atoms with van der Waals surface area (Å²) >= 11 is 0. The lowest BCUT2D eigenvalue weighted by molar-refractivity contribution is 0.0706. The number of carbonyl (C=O) groups is 2. The molecule has 1 heterocycles. The number of amides is 2. The summed E-state index contributed by atoms with van der Waals surface area (Å²) in [5, 5.41) is 12.3. The van der Waals surface area contributed by atoms with Crippen molar-refractivity contribution in [1.29, 1.82) is 0 Å². The number of rotatable bonds is 5. The van der Waals surface area contributed by atoms with Crippen LogP contribution < -0.4 is 10.8 Å². The highest BCUT2D eigenvalue weighted by Gasteiger charge is 2.07. The summed E-state index contributed by atoms with van der Waals surface area (Å²) in [5.41, 5.74) is 4.27. The molecule has 3 aromatic rings. The maximum absolute atomic E-state index is 12.2. The Hall–Kier alpha value is -3.12. The van der Waals surface area contributed by atoms with Crippen LogP contribution in [-0.4, -0.2) is 23.6 Å². The molecular formula is C18H16N2O4. The molecule has 0 atom stereocenters. The van der Waals surface area contributed by atoms with Crippen molar-refractivity contribution >= 4 is 22.8 Å². The van der Waals surface area contributed by atoms with Crippen molar-refractivity contribution in [2.24, 2.45) is 0 Å². The van der Waals surface area contributed by atoms with Crippen LogP contribution in [0, 0.1) is 0 Å². The van der Waals surface area contributed by atoms with E-state index in [2.05, 4.69) is 5.32 Å². The van der Waals surface area contributed by atoms with Gasteiger partial charge in [0, 0.05) is 23.1 Å². The minimum atomic E-state index is -0.551. The van der Waals surface area contributed by atoms with Crippen LogP contribution in [0.1, 0.15) is 26.3 Å². The molecule has 0 aliphatic carbocycles. The van der Waals surface area contributed by atoms with Crippen LogP contribution in [0.5, 0.6) is 0 Å². The van der Waals surface area contributed by atoms with Crippen LogP contribution in [0.25, 0.3) is 11.0 Å². The van der Waals surface area contributed by atoms with Gasteiger partial charge in [0.2, 0.25) is 0 Å². The third kappa shape index (κ3) is 3.44. The summed E-state index contributed by atoms with van der Waals surface area (Å²) in [5.74, 6) is -0.695. The third-order valence-electron chi connectivity index (χ3n) is 3.73. The Morgan fingerprint density at radius 1 is 0.958 bits per heavy atom. The molecule has 6 nitrogen and oxygen atoms in total. The van der Waals surface area contributed by atoms with Gasteiger partial charge >= 0.3 is 0 Å². The van der Waals surface area contributed by atoms with Gasteiger partial charge in [-0.25, -0.2) is 5.48 Å². The van der Waals surface area contributed by atoms with E-state index in [1.807, 2.05) is 6.07 Å². The van der Waals surface area contributed by atoms with Gasteiger partial charge in [0.05, 0.1) is 6.26 Å². The largest absolute Gasteiger partial charge is 0.464 e. The SMILES string of the molecule is O=C(NO)c1ccc(CCNC(=O)c2ccc3occc3c2)cc1. The van der Waals surface area contributed by atoms with Crippen LogP contribution in [0.3, 0.4) is 0 Å². The highest BCUT2D eigenvalue weighted by molar-refractivity contribution is 5.97. The number of hydrogen-bond acceptors (Lipinski definition) is 4. The maximum Gasteiger partial charge on any atom is 0.274 e. The first kappa shape index (κ1) is 15.8. The lowest BCUT2D eigenvalue weighted by Gasteiger charge is -2.06. The molecule has 122 valence electrons. The van der Waals surface area contributed by atoms with Gasteiger partial charge in [0.1, 0.15) is 5.58 Å². The van der Waals surface area contributed by atoms with Crippen molar-refractivity contribution in [3.8, 4) is 0 Å². The van der Waals surface area contributed by atoms with Crippen LogP contribution in [-0.2, 0) is 6.42 Å². The van der Waals surface area contributed by atoms with Gasteiger partial charge in [-0.1, -0.05) is 12.1 Å². The highest BCUT2D eigenvalue weighted by Crippen LogP contribution is 2.16. The summed E-state index contributed by atoms with van der Waals surface area (Å²) in [6, 6.07) is 13.9. The molecule has 0 radical (unpaired) electrons. The normalized spacial score (nSPS) is 10.5. The number of hydroxylamine groups is 1. The first-order valence-corrected chi connectivity index (χ1v) is 7.46. The quantitative estimate of drug-likeness (QED) is 0.497. The zero-order valence-corrected chi connectivity index (χ0v) is 12.8. The van der Waals surface area contributed by atoms with E-state index in [1.165, 1.54) is 0 Å². The standard InChI is InChI=1S/C18H16N2O4/c21-17(15-5-6-16-14(11-15)8-10-24-16)19-9-7-12-1-3-13(4-2-12)18(22)20-23/h1-6,8,10-11,23H,7,9H2,(H,19,21)(H,20,22). The van der Waals surface area contributed by atoms with E-state index in [-0.39, 0.29) is 5.91 Å². The predicted molar refractivity (Wildman–Crippen MR) is 87.9 cm³/mol. The van der Waals surface area contributed by atoms with Crippen LogP contribution in [0.2, 0.25) is 0 Å². The Balaban J connectivity index is 1.55. The molecule has 2 aromatic carbocycles. The Bertz CT molecular complexity index is 868. The minimum absolute atomic E-state index is 0.144. The second-order valence-corrected chi connectivity index (χ2v) is 5.32. The lowest BCUT2D eigenvalue weighted by Crippen LogP contribution is -2.25. The summed E-state index contributed by atoms with van der Waals surface area (Å²) in [6.45, 7) is 0.480. The van der Waals surface area contributed by atoms with Gasteiger partial charge in [-0.05, 0) is 48.4 Å². The molecule has 0 saturated heterocycles. The second-order valence-electron chi connectivity index (χ2n) is 5.32. The predicted octanol–water partition coefficient (Wildman–Crippen LogP) is 2.52. The molecule has 0 aliphatic rings. The van der Waals surface area contributed by atoms with Crippen LogP contribution in [0.4, 0.5) is 0 Å². The number of nitrogens with one attached hydrogen (secondary N) is 2. The van der Waals surface area contributed by atoms with Crippen molar-refractivity contribution < 1.29 is 19.2 Å². The first-order chi connectivity index (χ1) is 11.7. The molecule has 2 amide bonds. The Labute approximate surface area is 138 Å². The van der Waals surface area contributed by atoms with Gasteiger partial charge < -0.3 is 9.73 Å². The number of hydrogen-bond donors (Lipinski definition) is 3. The molecule has 0 bridgehead atoms. The van der Waals surface area contributed by atoms with E-state index in [0.717, 1.165) is 16.5 Å². The van der Waals surface area contributed by atoms with E-state index < -0.39 is 5.91 Å². The van der Waals surface area contributed by atoms with Gasteiger partial charge in [-0.2, -0.15) is 0 Å². The van der Waals surface area contributed by atoms with Crippen molar-refractivity contribution in [2.75, 3.05) is 6.54 Å². The molecular weight excluding hydrogens is 308 g/mol. The van der Waals surface area contributed by atoms with Gasteiger partial charge in [-0.3, -0.25) is 14.8 Å². The summed E-state index contributed by atoms with van der Waals surface area (Å²) in [6.07, 6.45) is 2.23. The van der Waals surface area contributed by atoms with Gasteiger partial charge in [0.25, 0.3) is 11.8 Å². The van der Waals surface area contributed by atoms with E-state index in [4.69, 9.17) is 9.62 Å². The average Bonchev–Trinajstić information content (AvgIpc) is 3.09. The number of furan rings is 1. The molecule has 1 aromatic heterocycles. The second kappa shape index (κ2) is 6.97. The molecule has 0 spiro atoms. The van der Waals surface area contributed by atoms with Crippen molar-refractivity contribution in [3.05, 3.63) is 71.5 Å². The van der Waals surface area contributed by atoms with E-state index >= 15 is 0 Å². The summed E-state index contributed by atoms with van der Waals surface area (Å²) in [4.78, 5) is 23.4. The molecule has 0 saturated carbocycles. The molecule has 6 heteroatoms. The Morgan fingerprint density at radius 3 is 2.46 bits per heavy atom. The van der Waals surface area contributed by atoms with E-state index in [9.17, 15) is 9.59 Å². The first-order valence-electron chi connectivity index (χ1n) is 7.46. The number of fused-ring (bicyclic) bond motifs is 1. The fraction of sp³-hybridized carbons (Fsp3) is 0.111. The fourth-order valence-corrected chi connectivity index (χ4v) is 2.42. The molecule has 3 rings (SSSR count). The van der Waals surface area contributed by atoms with Gasteiger partial charge in [0.15, 0.2) is 0 Å². The van der Waals surface area contributed by atoms with Crippen molar-refractivity contribution in [3.63, 3.8) is 0 Å². The van der Waals surface area contributed by atoms with Crippen molar-refractivity contribution in [1.82, 2.24) is 10.8 Å². The zero-order valence-electron chi connectivity index (χ0n) is 12.8. The van der Waals surface area contributed by atoms with Crippen molar-refractivity contribution in [2.45, 2.75) is 6.42 Å². The monoisotopic (exact) mass is 324 g/mol. The zero-order chi connectivity index (χ0) is 16.9. The molecule has 0 fully saturated rings.